The Hall–Kier alpha value is -1.26. The Bertz CT molecular complexity index is 695. The first kappa shape index (κ1) is 21.0. The molecular weight excluding hydrogens is 382 g/mol. The number of benzene rings is 1. The molecule has 3 aliphatic rings. The van der Waals surface area contributed by atoms with Crippen LogP contribution in [0, 0.1) is 5.92 Å². The molecule has 29 heavy (non-hydrogen) atoms. The lowest BCUT2D eigenvalue weighted by molar-refractivity contribution is 0.0159. The molecule has 2 saturated carbocycles. The molecule has 5 heteroatoms. The number of hydrogen-bond donors (Lipinski definition) is 0. The number of carbonyl (C=O) groups excluding carboxylic acids is 1. The average Bonchev–Trinajstić information content (AvgIpc) is 2.95. The van der Waals surface area contributed by atoms with E-state index in [1.54, 1.807) is 0 Å². The molecule has 0 unspecified atom stereocenters. The predicted octanol–water partition coefficient (Wildman–Crippen LogP) is 4.92. The summed E-state index contributed by atoms with van der Waals surface area (Å²) in [5, 5.41) is 0. The molecule has 0 bridgehead atoms. The van der Waals surface area contributed by atoms with Crippen molar-refractivity contribution in [2.24, 2.45) is 5.92 Å². The molecule has 2 amide bonds. The van der Waals surface area contributed by atoms with E-state index in [0.29, 0.717) is 11.8 Å². The van der Waals surface area contributed by atoms with Crippen molar-refractivity contribution in [2.45, 2.75) is 62.4 Å². The molecule has 0 radical (unpaired) electrons. The lowest BCUT2D eigenvalue weighted by Gasteiger charge is -2.51. The van der Waals surface area contributed by atoms with E-state index in [0.717, 1.165) is 51.7 Å². The van der Waals surface area contributed by atoms with Gasteiger partial charge in [0.05, 0.1) is 5.54 Å². The summed E-state index contributed by atoms with van der Waals surface area (Å²) in [7, 11) is 4.42. The van der Waals surface area contributed by atoms with Crippen LogP contribution < -0.4 is 0 Å². The summed E-state index contributed by atoms with van der Waals surface area (Å²) in [5.41, 5.74) is 1.49. The fraction of sp³-hybridized carbons (Fsp3) is 0.708. The van der Waals surface area contributed by atoms with Gasteiger partial charge in [-0.15, -0.1) is 11.6 Å². The summed E-state index contributed by atoms with van der Waals surface area (Å²) in [5.74, 6) is 1.33. The number of halogens is 1. The van der Waals surface area contributed by atoms with Gasteiger partial charge in [0.2, 0.25) is 0 Å². The third-order valence-electron chi connectivity index (χ3n) is 7.96. The number of amides is 2. The van der Waals surface area contributed by atoms with Crippen LogP contribution in [-0.2, 0) is 5.54 Å². The fourth-order valence-electron chi connectivity index (χ4n) is 5.81. The van der Waals surface area contributed by atoms with Gasteiger partial charge in [0.15, 0.2) is 0 Å². The second-order valence-electron chi connectivity index (χ2n) is 9.67. The highest BCUT2D eigenvalue weighted by Gasteiger charge is 2.54. The Morgan fingerprint density at radius 2 is 1.79 bits per heavy atom. The monoisotopic (exact) mass is 417 g/mol. The van der Waals surface area contributed by atoms with Gasteiger partial charge in [0, 0.05) is 31.1 Å². The molecule has 0 aromatic heterocycles. The van der Waals surface area contributed by atoms with Gasteiger partial charge in [-0.3, -0.25) is 4.90 Å². The normalized spacial score (nSPS) is 30.4. The molecule has 0 atom stereocenters. The summed E-state index contributed by atoms with van der Waals surface area (Å²) < 4.78 is 0. The summed E-state index contributed by atoms with van der Waals surface area (Å²) >= 11 is 5.94. The molecule has 160 valence electrons. The van der Waals surface area contributed by atoms with Crippen LogP contribution in [0.1, 0.15) is 56.9 Å². The van der Waals surface area contributed by atoms with Gasteiger partial charge < -0.3 is 9.80 Å². The number of rotatable bonds is 7. The van der Waals surface area contributed by atoms with E-state index in [1.165, 1.54) is 24.8 Å². The molecule has 1 spiro atoms. The van der Waals surface area contributed by atoms with Crippen molar-refractivity contribution < 1.29 is 4.79 Å². The lowest BCUT2D eigenvalue weighted by atomic mass is 9.68. The molecule has 2 aliphatic carbocycles. The highest BCUT2D eigenvalue weighted by atomic mass is 35.5. The lowest BCUT2D eigenvalue weighted by Crippen LogP contribution is -2.56. The minimum absolute atomic E-state index is 0.00722. The Balaban J connectivity index is 1.56. The van der Waals surface area contributed by atoms with Gasteiger partial charge in [-0.2, -0.15) is 0 Å². The Morgan fingerprint density at radius 1 is 1.10 bits per heavy atom. The molecule has 1 aliphatic heterocycles. The first-order valence-electron chi connectivity index (χ1n) is 11.4. The number of alkyl halides is 1. The van der Waals surface area contributed by atoms with E-state index in [9.17, 15) is 4.79 Å². The van der Waals surface area contributed by atoms with Crippen LogP contribution in [0.15, 0.2) is 30.3 Å². The van der Waals surface area contributed by atoms with Crippen LogP contribution in [0.4, 0.5) is 4.79 Å². The smallest absolute Gasteiger partial charge is 0.320 e. The number of nitrogens with zero attached hydrogens (tertiary/aromatic N) is 3. The number of hydrogen-bond acceptors (Lipinski definition) is 2. The zero-order valence-corrected chi connectivity index (χ0v) is 18.8. The Morgan fingerprint density at radius 3 is 2.34 bits per heavy atom. The van der Waals surface area contributed by atoms with Crippen molar-refractivity contribution in [1.29, 1.82) is 0 Å². The number of carbonyl (C=O) groups is 1. The van der Waals surface area contributed by atoms with E-state index in [4.69, 9.17) is 11.6 Å². The topological polar surface area (TPSA) is 26.8 Å². The quantitative estimate of drug-likeness (QED) is 0.588. The van der Waals surface area contributed by atoms with Gasteiger partial charge in [0.1, 0.15) is 0 Å². The van der Waals surface area contributed by atoms with Crippen LogP contribution in [0.2, 0.25) is 0 Å². The average molecular weight is 418 g/mol. The van der Waals surface area contributed by atoms with Crippen LogP contribution in [0.5, 0.6) is 0 Å². The van der Waals surface area contributed by atoms with Crippen molar-refractivity contribution >= 4 is 17.6 Å². The van der Waals surface area contributed by atoms with E-state index >= 15 is 0 Å². The third-order valence-corrected chi connectivity index (χ3v) is 8.23. The molecule has 4 rings (SSSR count). The van der Waals surface area contributed by atoms with Gasteiger partial charge in [-0.25, -0.2) is 4.79 Å². The Labute approximate surface area is 181 Å². The SMILES string of the molecule is CN(C)[C@]1(c2ccccc2)CC[C@]2(CC1)CN(CCCCl)C(=O)N2CC1CCC1. The van der Waals surface area contributed by atoms with Crippen LogP contribution in [0.25, 0.3) is 0 Å². The minimum atomic E-state index is 0.00722. The van der Waals surface area contributed by atoms with Crippen LogP contribution in [-0.4, -0.2) is 65.9 Å². The predicted molar refractivity (Wildman–Crippen MR) is 119 cm³/mol. The van der Waals surface area contributed by atoms with E-state index < -0.39 is 0 Å². The third kappa shape index (κ3) is 3.79. The zero-order chi connectivity index (χ0) is 20.5. The van der Waals surface area contributed by atoms with Crippen molar-refractivity contribution in [3.8, 4) is 0 Å². The van der Waals surface area contributed by atoms with Gasteiger partial charge >= 0.3 is 6.03 Å². The first-order valence-corrected chi connectivity index (χ1v) is 11.9. The molecule has 1 aromatic rings. The minimum Gasteiger partial charge on any atom is -0.322 e. The van der Waals surface area contributed by atoms with Gasteiger partial charge in [-0.1, -0.05) is 36.8 Å². The van der Waals surface area contributed by atoms with Crippen molar-refractivity contribution in [3.05, 3.63) is 35.9 Å². The van der Waals surface area contributed by atoms with E-state index in [-0.39, 0.29) is 17.1 Å². The van der Waals surface area contributed by atoms with E-state index in [2.05, 4.69) is 59.1 Å². The highest BCUT2D eigenvalue weighted by molar-refractivity contribution is 6.17. The molecule has 4 nitrogen and oxygen atoms in total. The highest BCUT2D eigenvalue weighted by Crippen LogP contribution is 2.49. The summed E-state index contributed by atoms with van der Waals surface area (Å²) in [6.07, 6.45) is 9.13. The maximum Gasteiger partial charge on any atom is 0.320 e. The molecule has 1 heterocycles. The maximum atomic E-state index is 13.3. The van der Waals surface area contributed by atoms with Crippen molar-refractivity contribution in [3.63, 3.8) is 0 Å². The van der Waals surface area contributed by atoms with Gasteiger partial charge in [0.25, 0.3) is 0 Å². The molecule has 0 N–H and O–H groups in total. The maximum absolute atomic E-state index is 13.3. The summed E-state index contributed by atoms with van der Waals surface area (Å²) in [4.78, 5) is 20.1. The van der Waals surface area contributed by atoms with Gasteiger partial charge in [-0.05, 0) is 70.5 Å². The molecule has 3 fully saturated rings. The molecule has 1 saturated heterocycles. The number of urea groups is 1. The zero-order valence-electron chi connectivity index (χ0n) is 18.1. The van der Waals surface area contributed by atoms with Crippen LogP contribution in [0.3, 0.4) is 0 Å². The first-order chi connectivity index (χ1) is 14.0. The second-order valence-corrected chi connectivity index (χ2v) is 10.0. The standard InChI is InChI=1S/C24H36ClN3O/c1-26(2)24(21-10-4-3-5-11-21)14-12-23(13-15-24)19-27(17-7-16-25)22(29)28(23)18-20-8-6-9-20/h3-5,10-11,20H,6-9,12-19H2,1-2H3/t23-,24+. The molecule has 1 aromatic carbocycles. The summed E-state index contributed by atoms with van der Waals surface area (Å²) in [6.45, 7) is 2.63. The van der Waals surface area contributed by atoms with Crippen molar-refractivity contribution in [2.75, 3.05) is 39.6 Å². The fourth-order valence-corrected chi connectivity index (χ4v) is 5.93. The van der Waals surface area contributed by atoms with E-state index in [1.807, 2.05) is 0 Å². The van der Waals surface area contributed by atoms with Crippen molar-refractivity contribution in [1.82, 2.24) is 14.7 Å². The second kappa shape index (κ2) is 8.47. The largest absolute Gasteiger partial charge is 0.322 e. The Kier molecular flexibility index (Phi) is 6.13. The van der Waals surface area contributed by atoms with Crippen LogP contribution >= 0.6 is 11.6 Å². The molecular formula is C24H36ClN3O. The summed E-state index contributed by atoms with van der Waals surface area (Å²) in [6, 6.07) is 11.2.